The average molecular weight is 550 g/mol. The monoisotopic (exact) mass is 550 g/mol. The lowest BCUT2D eigenvalue weighted by Gasteiger charge is -2.25. The summed E-state index contributed by atoms with van der Waals surface area (Å²) in [5.74, 6) is -1.04. The van der Waals surface area contributed by atoms with Gasteiger partial charge < -0.3 is 14.8 Å². The second-order valence-corrected chi connectivity index (χ2v) is 10.7. The molecule has 1 saturated heterocycles. The molecule has 1 amide bonds. The van der Waals surface area contributed by atoms with E-state index < -0.39 is 28.5 Å². The summed E-state index contributed by atoms with van der Waals surface area (Å²) in [5.41, 5.74) is 0.614. The van der Waals surface area contributed by atoms with Crippen LogP contribution in [-0.4, -0.2) is 57.5 Å². The van der Waals surface area contributed by atoms with Crippen LogP contribution in [0.15, 0.2) is 40.6 Å². The lowest BCUT2D eigenvalue weighted by Crippen LogP contribution is -2.40. The Balaban J connectivity index is 1.49. The maximum Gasteiger partial charge on any atom is 0.311 e. The van der Waals surface area contributed by atoms with Crippen molar-refractivity contribution in [3.05, 3.63) is 44.8 Å². The maximum absolute atomic E-state index is 12.6. The normalized spacial score (nSPS) is 15.1. The van der Waals surface area contributed by atoms with Gasteiger partial charge in [-0.1, -0.05) is 0 Å². The highest BCUT2D eigenvalue weighted by Gasteiger charge is 2.28. The number of rotatable bonds is 7. The van der Waals surface area contributed by atoms with E-state index in [2.05, 4.69) is 27.9 Å². The van der Waals surface area contributed by atoms with E-state index in [1.165, 1.54) is 10.4 Å². The van der Waals surface area contributed by atoms with E-state index in [0.717, 1.165) is 14.9 Å². The summed E-state index contributed by atoms with van der Waals surface area (Å²) in [6.07, 6.45) is -0.0971. The number of nitrogens with one attached hydrogen (secondary N) is 1. The van der Waals surface area contributed by atoms with Crippen LogP contribution in [0.3, 0.4) is 0 Å². The number of hydrogen-bond acceptors (Lipinski definition) is 7. The van der Waals surface area contributed by atoms with E-state index in [9.17, 15) is 18.0 Å². The molecule has 0 unspecified atom stereocenters. The fraction of sp³-hybridized carbons (Fsp3) is 0.333. The molecule has 29 heavy (non-hydrogen) atoms. The van der Waals surface area contributed by atoms with Crippen LogP contribution in [0.4, 0.5) is 5.69 Å². The van der Waals surface area contributed by atoms with Gasteiger partial charge in [0.05, 0.1) is 19.6 Å². The molecule has 3 rings (SSSR count). The van der Waals surface area contributed by atoms with Gasteiger partial charge in [-0.05, 0) is 59.0 Å². The summed E-state index contributed by atoms with van der Waals surface area (Å²) in [7, 11) is -3.59. The minimum atomic E-state index is -3.59. The first-order chi connectivity index (χ1) is 13.8. The topological polar surface area (TPSA) is 102 Å². The summed E-state index contributed by atoms with van der Waals surface area (Å²) in [6, 6.07) is 10.3. The smallest absolute Gasteiger partial charge is 0.311 e. The SMILES string of the molecule is O=C(COC(=O)Cc1ccc(S(=O)(=O)N2CCOCC2)s1)Nc1ccc(I)cc1. The number of anilines is 1. The molecule has 2 heterocycles. The Bertz CT molecular complexity index is 968. The highest BCUT2D eigenvalue weighted by molar-refractivity contribution is 14.1. The van der Waals surface area contributed by atoms with Gasteiger partial charge >= 0.3 is 5.97 Å². The van der Waals surface area contributed by atoms with Gasteiger partial charge in [-0.25, -0.2) is 8.42 Å². The van der Waals surface area contributed by atoms with Crippen LogP contribution in [0.2, 0.25) is 0 Å². The molecule has 1 N–H and O–H groups in total. The van der Waals surface area contributed by atoms with E-state index >= 15 is 0 Å². The molecule has 1 fully saturated rings. The molecule has 0 spiro atoms. The summed E-state index contributed by atoms with van der Waals surface area (Å²) < 4.78 is 38.0. The van der Waals surface area contributed by atoms with Crippen molar-refractivity contribution in [1.29, 1.82) is 0 Å². The Kier molecular flexibility index (Phi) is 7.62. The predicted molar refractivity (Wildman–Crippen MR) is 116 cm³/mol. The van der Waals surface area contributed by atoms with Crippen LogP contribution < -0.4 is 5.32 Å². The van der Waals surface area contributed by atoms with Gasteiger partial charge in [0, 0.05) is 27.2 Å². The standard InChI is InChI=1S/C18H19IN2O6S2/c19-13-1-3-14(4-2-13)20-16(22)12-27-17(23)11-15-5-6-18(28-15)29(24,25)21-7-9-26-10-8-21/h1-6H,7-12H2,(H,20,22). The molecule has 1 aromatic heterocycles. The number of morpholine rings is 1. The molecule has 0 aliphatic carbocycles. The van der Waals surface area contributed by atoms with Crippen molar-refractivity contribution < 1.29 is 27.5 Å². The number of thiophene rings is 1. The largest absolute Gasteiger partial charge is 0.455 e. The molecule has 1 aromatic carbocycles. The van der Waals surface area contributed by atoms with E-state index in [-0.39, 0.29) is 10.6 Å². The number of sulfonamides is 1. The number of carbonyl (C=O) groups is 2. The van der Waals surface area contributed by atoms with Crippen LogP contribution in [-0.2, 0) is 35.5 Å². The fourth-order valence-electron chi connectivity index (χ4n) is 2.58. The van der Waals surface area contributed by atoms with E-state index in [4.69, 9.17) is 9.47 Å². The zero-order valence-electron chi connectivity index (χ0n) is 15.3. The van der Waals surface area contributed by atoms with Gasteiger partial charge in [-0.15, -0.1) is 11.3 Å². The summed E-state index contributed by atoms with van der Waals surface area (Å²) in [5, 5.41) is 2.64. The van der Waals surface area contributed by atoms with E-state index in [0.29, 0.717) is 36.9 Å². The van der Waals surface area contributed by atoms with Gasteiger partial charge in [0.2, 0.25) is 0 Å². The molecule has 156 valence electrons. The number of hydrogen-bond donors (Lipinski definition) is 1. The quantitative estimate of drug-likeness (QED) is 0.419. The summed E-state index contributed by atoms with van der Waals surface area (Å²) in [6.45, 7) is 0.956. The third-order valence-electron chi connectivity index (χ3n) is 4.01. The van der Waals surface area contributed by atoms with Crippen molar-refractivity contribution in [1.82, 2.24) is 4.31 Å². The number of amides is 1. The Morgan fingerprint density at radius 1 is 1.14 bits per heavy atom. The second kappa shape index (κ2) is 9.98. The van der Waals surface area contributed by atoms with Crippen LogP contribution in [0.1, 0.15) is 4.88 Å². The van der Waals surface area contributed by atoms with Crippen molar-refractivity contribution in [2.45, 2.75) is 10.6 Å². The Hall–Kier alpha value is -1.54. The zero-order chi connectivity index (χ0) is 20.9. The van der Waals surface area contributed by atoms with Gasteiger partial charge in [-0.3, -0.25) is 9.59 Å². The number of benzene rings is 1. The Labute approximate surface area is 186 Å². The van der Waals surface area contributed by atoms with Crippen LogP contribution in [0.25, 0.3) is 0 Å². The number of esters is 1. The van der Waals surface area contributed by atoms with Gasteiger partial charge in [0.15, 0.2) is 6.61 Å². The van der Waals surface area contributed by atoms with Crippen LogP contribution in [0, 0.1) is 3.57 Å². The molecule has 11 heteroatoms. The van der Waals surface area contributed by atoms with E-state index in [1.54, 1.807) is 18.2 Å². The first kappa shape index (κ1) is 22.2. The molecule has 8 nitrogen and oxygen atoms in total. The van der Waals surface area contributed by atoms with Crippen molar-refractivity contribution in [3.8, 4) is 0 Å². The molecule has 0 radical (unpaired) electrons. The van der Waals surface area contributed by atoms with Crippen molar-refractivity contribution in [3.63, 3.8) is 0 Å². The number of nitrogens with zero attached hydrogens (tertiary/aromatic N) is 1. The Morgan fingerprint density at radius 3 is 2.52 bits per heavy atom. The number of carbonyl (C=O) groups excluding carboxylic acids is 2. The lowest BCUT2D eigenvalue weighted by molar-refractivity contribution is -0.146. The molecule has 0 saturated carbocycles. The minimum absolute atomic E-state index is 0.0971. The molecule has 2 aromatic rings. The number of halogens is 1. The minimum Gasteiger partial charge on any atom is -0.455 e. The molecular weight excluding hydrogens is 531 g/mol. The highest BCUT2D eigenvalue weighted by Crippen LogP contribution is 2.26. The molecule has 0 bridgehead atoms. The average Bonchev–Trinajstić information content (AvgIpc) is 3.18. The maximum atomic E-state index is 12.6. The first-order valence-electron chi connectivity index (χ1n) is 8.72. The number of ether oxygens (including phenoxy) is 2. The second-order valence-electron chi connectivity index (χ2n) is 6.13. The molecule has 1 aliphatic heterocycles. The van der Waals surface area contributed by atoms with Crippen molar-refractivity contribution in [2.75, 3.05) is 38.2 Å². The third-order valence-corrected chi connectivity index (χ3v) is 8.18. The van der Waals surface area contributed by atoms with Gasteiger partial charge in [0.25, 0.3) is 15.9 Å². The van der Waals surface area contributed by atoms with Crippen LogP contribution in [0.5, 0.6) is 0 Å². The van der Waals surface area contributed by atoms with Crippen LogP contribution >= 0.6 is 33.9 Å². The zero-order valence-corrected chi connectivity index (χ0v) is 19.1. The van der Waals surface area contributed by atoms with Crippen molar-refractivity contribution in [2.24, 2.45) is 0 Å². The fourth-order valence-corrected chi connectivity index (χ4v) is 5.84. The van der Waals surface area contributed by atoms with Gasteiger partial charge in [0.1, 0.15) is 4.21 Å². The lowest BCUT2D eigenvalue weighted by atomic mass is 10.3. The first-order valence-corrected chi connectivity index (χ1v) is 12.1. The highest BCUT2D eigenvalue weighted by atomic mass is 127. The third kappa shape index (κ3) is 6.22. The summed E-state index contributed by atoms with van der Waals surface area (Å²) >= 11 is 3.19. The summed E-state index contributed by atoms with van der Waals surface area (Å²) in [4.78, 5) is 24.4. The van der Waals surface area contributed by atoms with E-state index in [1.807, 2.05) is 12.1 Å². The molecular formula is C18H19IN2O6S2. The Morgan fingerprint density at radius 2 is 1.83 bits per heavy atom. The predicted octanol–water partition coefficient (Wildman–Crippen LogP) is 2.10. The molecule has 1 aliphatic rings. The van der Waals surface area contributed by atoms with Gasteiger partial charge in [-0.2, -0.15) is 4.31 Å². The molecule has 0 atom stereocenters. The van der Waals surface area contributed by atoms with Crippen molar-refractivity contribution >= 4 is 61.5 Å².